The maximum Gasteiger partial charge on any atom is 0.291 e. The Balaban J connectivity index is 1.87. The van der Waals surface area contributed by atoms with Crippen molar-refractivity contribution in [2.24, 2.45) is 0 Å². The molecule has 0 unspecified atom stereocenters. The Bertz CT molecular complexity index is 1200. The second-order valence-electron chi connectivity index (χ2n) is 5.19. The second-order valence-corrected chi connectivity index (χ2v) is 7.45. The van der Waals surface area contributed by atoms with E-state index in [1.165, 1.54) is 15.9 Å². The van der Waals surface area contributed by atoms with Gasteiger partial charge in [-0.1, -0.05) is 64.3 Å². The van der Waals surface area contributed by atoms with Gasteiger partial charge in [-0.2, -0.15) is 9.50 Å². The summed E-state index contributed by atoms with van der Waals surface area (Å²) in [4.78, 5) is 17.5. The van der Waals surface area contributed by atoms with E-state index in [9.17, 15) is 4.79 Å². The lowest BCUT2D eigenvalue weighted by Crippen LogP contribution is -2.23. The van der Waals surface area contributed by atoms with Crippen LogP contribution in [0.2, 0.25) is 15.1 Å². The van der Waals surface area contributed by atoms with Gasteiger partial charge in [-0.05, 0) is 30.3 Å². The Hall–Kier alpha value is -1.92. The van der Waals surface area contributed by atoms with E-state index in [2.05, 4.69) is 10.1 Å². The molecule has 0 radical (unpaired) electrons. The molecule has 0 bridgehead atoms. The number of hydrogen-bond donors (Lipinski definition) is 0. The Morgan fingerprint density at radius 1 is 1.04 bits per heavy atom. The summed E-state index contributed by atoms with van der Waals surface area (Å²) in [6, 6.07) is 12.4. The Labute approximate surface area is 160 Å². The quantitative estimate of drug-likeness (QED) is 0.496. The Morgan fingerprint density at radius 3 is 2.44 bits per heavy atom. The molecule has 2 aromatic heterocycles. The molecule has 0 atom stereocenters. The molecule has 2 aromatic carbocycles. The lowest BCUT2D eigenvalue weighted by molar-refractivity contribution is 0.937. The molecule has 0 saturated carbocycles. The first-order valence-corrected chi connectivity index (χ1v) is 9.09. The van der Waals surface area contributed by atoms with Crippen LogP contribution in [-0.2, 0) is 0 Å². The average Bonchev–Trinajstić information content (AvgIpc) is 3.11. The summed E-state index contributed by atoms with van der Waals surface area (Å²) in [7, 11) is 0. The van der Waals surface area contributed by atoms with Crippen LogP contribution in [0.5, 0.6) is 0 Å². The summed E-state index contributed by atoms with van der Waals surface area (Å²) in [6.07, 6.45) is 1.66. The molecular weight excluding hydrogens is 401 g/mol. The lowest BCUT2D eigenvalue weighted by Gasteiger charge is -1.99. The number of fused-ring (bicyclic) bond motifs is 1. The van der Waals surface area contributed by atoms with E-state index in [0.29, 0.717) is 35.9 Å². The van der Waals surface area contributed by atoms with E-state index in [1.807, 2.05) is 12.1 Å². The fourth-order valence-electron chi connectivity index (χ4n) is 2.36. The number of rotatable bonds is 2. The van der Waals surface area contributed by atoms with E-state index in [-0.39, 0.29) is 5.56 Å². The van der Waals surface area contributed by atoms with Gasteiger partial charge in [-0.3, -0.25) is 4.79 Å². The molecule has 0 saturated heterocycles. The highest BCUT2D eigenvalue weighted by Gasteiger charge is 2.13. The fraction of sp³-hybridized carbons (Fsp3) is 0. The summed E-state index contributed by atoms with van der Waals surface area (Å²) < 4.78 is 1.74. The largest absolute Gasteiger partial charge is 0.291 e. The third-order valence-electron chi connectivity index (χ3n) is 3.54. The summed E-state index contributed by atoms with van der Waals surface area (Å²) in [6.45, 7) is 0. The highest BCUT2D eigenvalue weighted by atomic mass is 35.5. The molecule has 2 heterocycles. The molecule has 0 fully saturated rings. The Morgan fingerprint density at radius 2 is 1.76 bits per heavy atom. The zero-order valence-corrected chi connectivity index (χ0v) is 15.5. The highest BCUT2D eigenvalue weighted by molar-refractivity contribution is 7.15. The van der Waals surface area contributed by atoms with Gasteiger partial charge >= 0.3 is 0 Å². The van der Waals surface area contributed by atoms with Crippen molar-refractivity contribution in [3.63, 3.8) is 0 Å². The van der Waals surface area contributed by atoms with Crippen molar-refractivity contribution in [3.8, 4) is 11.4 Å². The zero-order chi connectivity index (χ0) is 17.6. The monoisotopic (exact) mass is 407 g/mol. The van der Waals surface area contributed by atoms with Crippen LogP contribution >= 0.6 is 46.1 Å². The molecule has 0 N–H and O–H groups in total. The molecular formula is C17H8Cl3N3OS. The molecule has 0 amide bonds. The van der Waals surface area contributed by atoms with Gasteiger partial charge in [0, 0.05) is 26.2 Å². The maximum absolute atomic E-state index is 12.6. The number of halogens is 3. The standard InChI is InChI=1S/C17H8Cl3N3OS/c18-10-4-1-3-9(7-10)15-21-17-23(22-15)16(24)14(25-17)8-11-12(19)5-2-6-13(11)20/h1-8H/b14-8-. The van der Waals surface area contributed by atoms with Gasteiger partial charge in [0.1, 0.15) is 0 Å². The smallest absolute Gasteiger partial charge is 0.266 e. The van der Waals surface area contributed by atoms with E-state index in [0.717, 1.165) is 5.56 Å². The van der Waals surface area contributed by atoms with Crippen LogP contribution in [0.3, 0.4) is 0 Å². The van der Waals surface area contributed by atoms with Gasteiger partial charge < -0.3 is 0 Å². The molecule has 0 aliphatic heterocycles. The molecule has 0 aliphatic carbocycles. The van der Waals surface area contributed by atoms with Crippen LogP contribution in [0.15, 0.2) is 47.3 Å². The van der Waals surface area contributed by atoms with Crippen molar-refractivity contribution in [1.29, 1.82) is 0 Å². The van der Waals surface area contributed by atoms with Crippen LogP contribution in [0, 0.1) is 0 Å². The third-order valence-corrected chi connectivity index (χ3v) is 5.39. The molecule has 0 aliphatic rings. The van der Waals surface area contributed by atoms with E-state index >= 15 is 0 Å². The van der Waals surface area contributed by atoms with Gasteiger partial charge in [0.05, 0.1) is 4.53 Å². The first kappa shape index (κ1) is 16.5. The minimum atomic E-state index is -0.267. The van der Waals surface area contributed by atoms with Crippen LogP contribution in [0.1, 0.15) is 5.56 Å². The van der Waals surface area contributed by atoms with Gasteiger partial charge in [0.15, 0.2) is 5.82 Å². The summed E-state index contributed by atoms with van der Waals surface area (Å²) >= 11 is 19.5. The number of hydrogen-bond acceptors (Lipinski definition) is 4. The van der Waals surface area contributed by atoms with E-state index < -0.39 is 0 Å². The minimum absolute atomic E-state index is 0.267. The normalized spacial score (nSPS) is 12.2. The topological polar surface area (TPSA) is 47.3 Å². The van der Waals surface area contributed by atoms with Crippen molar-refractivity contribution in [2.75, 3.05) is 0 Å². The second kappa shape index (κ2) is 6.42. The van der Waals surface area contributed by atoms with Crippen molar-refractivity contribution >= 4 is 57.2 Å². The van der Waals surface area contributed by atoms with Crippen LogP contribution < -0.4 is 10.1 Å². The van der Waals surface area contributed by atoms with Crippen LogP contribution in [0.4, 0.5) is 0 Å². The van der Waals surface area contributed by atoms with E-state index in [1.54, 1.807) is 36.4 Å². The molecule has 4 aromatic rings. The van der Waals surface area contributed by atoms with Crippen molar-refractivity contribution in [3.05, 3.63) is 78.0 Å². The van der Waals surface area contributed by atoms with Crippen LogP contribution in [0.25, 0.3) is 22.4 Å². The van der Waals surface area contributed by atoms with Crippen molar-refractivity contribution in [2.45, 2.75) is 0 Å². The molecule has 8 heteroatoms. The van der Waals surface area contributed by atoms with E-state index in [4.69, 9.17) is 34.8 Å². The zero-order valence-electron chi connectivity index (χ0n) is 12.4. The summed E-state index contributed by atoms with van der Waals surface area (Å²) in [5.74, 6) is 0.452. The maximum atomic E-state index is 12.6. The average molecular weight is 409 g/mol. The number of nitrogens with zero attached hydrogens (tertiary/aromatic N) is 3. The van der Waals surface area contributed by atoms with Crippen LogP contribution in [-0.4, -0.2) is 14.6 Å². The molecule has 0 spiro atoms. The van der Waals surface area contributed by atoms with Gasteiger partial charge in [-0.15, -0.1) is 5.10 Å². The number of aromatic nitrogens is 3. The SMILES string of the molecule is O=c1/c(=C/c2c(Cl)cccc2Cl)sc2nc(-c3cccc(Cl)c3)nn12. The summed E-state index contributed by atoms with van der Waals surface area (Å²) in [5, 5.41) is 5.83. The molecule has 124 valence electrons. The third kappa shape index (κ3) is 3.04. The predicted octanol–water partition coefficient (Wildman–Crippen LogP) is 4.33. The van der Waals surface area contributed by atoms with Gasteiger partial charge in [0.25, 0.3) is 5.56 Å². The highest BCUT2D eigenvalue weighted by Crippen LogP contribution is 2.25. The molecule has 4 nitrogen and oxygen atoms in total. The van der Waals surface area contributed by atoms with Gasteiger partial charge in [0.2, 0.25) is 4.96 Å². The minimum Gasteiger partial charge on any atom is -0.266 e. The van der Waals surface area contributed by atoms with Crippen molar-refractivity contribution < 1.29 is 0 Å². The van der Waals surface area contributed by atoms with Crippen molar-refractivity contribution in [1.82, 2.24) is 14.6 Å². The molecule has 4 rings (SSSR count). The lowest BCUT2D eigenvalue weighted by atomic mass is 10.2. The Kier molecular flexibility index (Phi) is 4.25. The predicted molar refractivity (Wildman–Crippen MR) is 103 cm³/mol. The molecule has 25 heavy (non-hydrogen) atoms. The van der Waals surface area contributed by atoms with Gasteiger partial charge in [-0.25, -0.2) is 0 Å². The fourth-order valence-corrected chi connectivity index (χ4v) is 3.95. The summed E-state index contributed by atoms with van der Waals surface area (Å²) in [5.41, 5.74) is 1.08. The first-order valence-electron chi connectivity index (χ1n) is 7.14. The number of thiazole rings is 1. The first-order chi connectivity index (χ1) is 12.0. The number of benzene rings is 2.